The zero-order valence-electron chi connectivity index (χ0n) is 13.8. The third-order valence-electron chi connectivity index (χ3n) is 4.21. The molecule has 0 radical (unpaired) electrons. The van der Waals surface area contributed by atoms with E-state index in [1.54, 1.807) is 25.3 Å². The number of nitrogens with zero attached hydrogens (tertiary/aromatic N) is 1. The van der Waals surface area contributed by atoms with Gasteiger partial charge in [0.2, 0.25) is 0 Å². The van der Waals surface area contributed by atoms with Crippen molar-refractivity contribution in [3.63, 3.8) is 0 Å². The van der Waals surface area contributed by atoms with Gasteiger partial charge in [-0.2, -0.15) is 0 Å². The van der Waals surface area contributed by atoms with Crippen LogP contribution >= 0.6 is 0 Å². The summed E-state index contributed by atoms with van der Waals surface area (Å²) in [5.41, 5.74) is 5.86. The van der Waals surface area contributed by atoms with Gasteiger partial charge >= 0.3 is 0 Å². The number of carbonyl (C=O) groups excluding carboxylic acids is 2. The Morgan fingerprint density at radius 3 is 2.81 bits per heavy atom. The Kier molecular flexibility index (Phi) is 3.66. The molecule has 4 rings (SSSR count). The SMILES string of the molecule is COCC1COc2ccc(-n3c(N)c4c(cc3=O)C(=O)NC4=O)cc2O1. The summed E-state index contributed by atoms with van der Waals surface area (Å²) in [6, 6.07) is 5.96. The number of hydrogen-bond acceptors (Lipinski definition) is 7. The lowest BCUT2D eigenvalue weighted by Crippen LogP contribution is -2.33. The molecule has 9 heteroatoms. The number of hydrogen-bond donors (Lipinski definition) is 2. The zero-order valence-corrected chi connectivity index (χ0v) is 13.8. The summed E-state index contributed by atoms with van der Waals surface area (Å²) in [6.07, 6.45) is -0.278. The molecular weight excluding hydrogens is 342 g/mol. The molecule has 3 N–H and O–H groups in total. The highest BCUT2D eigenvalue weighted by molar-refractivity contribution is 6.23. The maximum atomic E-state index is 12.5. The highest BCUT2D eigenvalue weighted by atomic mass is 16.6. The molecule has 1 aromatic heterocycles. The number of carbonyl (C=O) groups is 2. The standard InChI is InChI=1S/C17H15N3O6/c1-24-6-9-7-25-11-3-2-8(4-12(11)26-9)20-13(21)5-10-14(15(20)18)17(23)19-16(10)22/h2-5,9H,6-7,18H2,1H3,(H,19,22,23). The largest absolute Gasteiger partial charge is 0.486 e. The number of imide groups is 1. The van der Waals surface area contributed by atoms with Gasteiger partial charge in [0.05, 0.1) is 23.4 Å². The monoisotopic (exact) mass is 357 g/mol. The quantitative estimate of drug-likeness (QED) is 0.747. The van der Waals surface area contributed by atoms with Gasteiger partial charge in [0, 0.05) is 19.2 Å². The number of nitrogens with one attached hydrogen (secondary N) is 1. The molecule has 134 valence electrons. The molecule has 2 aromatic rings. The van der Waals surface area contributed by atoms with Gasteiger partial charge in [0.15, 0.2) is 17.6 Å². The Bertz CT molecular complexity index is 997. The summed E-state index contributed by atoms with van der Waals surface area (Å²) in [6.45, 7) is 0.705. The number of methoxy groups -OCH3 is 1. The molecule has 2 aliphatic rings. The minimum atomic E-state index is -0.634. The number of fused-ring (bicyclic) bond motifs is 2. The van der Waals surface area contributed by atoms with Crippen molar-refractivity contribution in [1.82, 2.24) is 9.88 Å². The summed E-state index contributed by atoms with van der Waals surface area (Å²) in [7, 11) is 1.56. The van der Waals surface area contributed by atoms with Gasteiger partial charge in [-0.15, -0.1) is 0 Å². The Morgan fingerprint density at radius 2 is 2.04 bits per heavy atom. The van der Waals surface area contributed by atoms with Gasteiger partial charge in [-0.3, -0.25) is 24.3 Å². The van der Waals surface area contributed by atoms with E-state index in [2.05, 4.69) is 5.32 Å². The highest BCUT2D eigenvalue weighted by Crippen LogP contribution is 2.34. The molecule has 9 nitrogen and oxygen atoms in total. The van der Waals surface area contributed by atoms with E-state index in [-0.39, 0.29) is 23.0 Å². The lowest BCUT2D eigenvalue weighted by Gasteiger charge is -2.26. The van der Waals surface area contributed by atoms with Crippen LogP contribution in [0.4, 0.5) is 5.82 Å². The minimum absolute atomic E-state index is 0.0123. The molecule has 1 unspecified atom stereocenters. The molecule has 1 atom stereocenters. The minimum Gasteiger partial charge on any atom is -0.486 e. The molecule has 0 fully saturated rings. The fraction of sp³-hybridized carbons (Fsp3) is 0.235. The van der Waals surface area contributed by atoms with E-state index in [1.807, 2.05) is 0 Å². The van der Waals surface area contributed by atoms with Crippen molar-refractivity contribution in [3.8, 4) is 17.2 Å². The first kappa shape index (κ1) is 16.2. The van der Waals surface area contributed by atoms with Crippen LogP contribution in [0.15, 0.2) is 29.1 Å². The number of nitrogen functional groups attached to an aromatic ring is 1. The molecule has 0 saturated carbocycles. The van der Waals surface area contributed by atoms with E-state index < -0.39 is 17.4 Å². The molecule has 2 amide bonds. The first-order valence-corrected chi connectivity index (χ1v) is 7.83. The number of ether oxygens (including phenoxy) is 3. The summed E-state index contributed by atoms with van der Waals surface area (Å²) in [5, 5.41) is 2.13. The Labute approximate surface area is 147 Å². The van der Waals surface area contributed by atoms with E-state index in [9.17, 15) is 14.4 Å². The number of anilines is 1. The molecule has 0 saturated heterocycles. The molecule has 2 aliphatic heterocycles. The molecule has 26 heavy (non-hydrogen) atoms. The van der Waals surface area contributed by atoms with Crippen molar-refractivity contribution in [2.45, 2.75) is 6.10 Å². The summed E-state index contributed by atoms with van der Waals surface area (Å²) >= 11 is 0. The second-order valence-corrected chi connectivity index (χ2v) is 5.91. The van der Waals surface area contributed by atoms with Gasteiger partial charge in [-0.1, -0.05) is 0 Å². The van der Waals surface area contributed by atoms with Gasteiger partial charge in [0.25, 0.3) is 17.4 Å². The van der Waals surface area contributed by atoms with Crippen LogP contribution in [-0.4, -0.2) is 42.8 Å². The van der Waals surface area contributed by atoms with Crippen molar-refractivity contribution in [2.24, 2.45) is 0 Å². The van der Waals surface area contributed by atoms with E-state index >= 15 is 0 Å². The third kappa shape index (κ3) is 2.40. The predicted molar refractivity (Wildman–Crippen MR) is 90.0 cm³/mol. The molecule has 0 bridgehead atoms. The van der Waals surface area contributed by atoms with Crippen molar-refractivity contribution in [3.05, 3.63) is 45.7 Å². The predicted octanol–water partition coefficient (Wildman–Crippen LogP) is 0.0895. The van der Waals surface area contributed by atoms with Gasteiger partial charge in [-0.25, -0.2) is 0 Å². The van der Waals surface area contributed by atoms with Crippen LogP contribution in [0, 0.1) is 0 Å². The fourth-order valence-corrected chi connectivity index (χ4v) is 3.06. The van der Waals surface area contributed by atoms with Gasteiger partial charge in [-0.05, 0) is 12.1 Å². The van der Waals surface area contributed by atoms with Crippen molar-refractivity contribution >= 4 is 17.6 Å². The maximum Gasteiger partial charge on any atom is 0.262 e. The van der Waals surface area contributed by atoms with Crippen LogP contribution in [0.3, 0.4) is 0 Å². The second kappa shape index (κ2) is 5.88. The maximum absolute atomic E-state index is 12.5. The fourth-order valence-electron chi connectivity index (χ4n) is 3.06. The number of benzene rings is 1. The van der Waals surface area contributed by atoms with E-state index in [1.165, 1.54) is 0 Å². The van der Waals surface area contributed by atoms with Crippen LogP contribution in [0.1, 0.15) is 20.7 Å². The van der Waals surface area contributed by atoms with E-state index in [0.29, 0.717) is 30.4 Å². The Hall–Kier alpha value is -3.33. The normalized spacial score (nSPS) is 17.8. The highest BCUT2D eigenvalue weighted by Gasteiger charge is 2.32. The van der Waals surface area contributed by atoms with Gasteiger partial charge < -0.3 is 19.9 Å². The lowest BCUT2D eigenvalue weighted by atomic mass is 10.1. The average molecular weight is 357 g/mol. The van der Waals surface area contributed by atoms with Crippen LogP contribution in [0.25, 0.3) is 5.69 Å². The molecule has 1 aromatic carbocycles. The van der Waals surface area contributed by atoms with Gasteiger partial charge in [0.1, 0.15) is 12.4 Å². The zero-order chi connectivity index (χ0) is 18.4. The van der Waals surface area contributed by atoms with Crippen molar-refractivity contribution in [2.75, 3.05) is 26.1 Å². The third-order valence-corrected chi connectivity index (χ3v) is 4.21. The number of rotatable bonds is 3. The topological polar surface area (TPSA) is 122 Å². The summed E-state index contributed by atoms with van der Waals surface area (Å²) in [5.74, 6) is -0.412. The Balaban J connectivity index is 1.82. The number of pyridine rings is 1. The summed E-state index contributed by atoms with van der Waals surface area (Å²) in [4.78, 5) is 36.2. The molecule has 0 aliphatic carbocycles. The molecule has 0 spiro atoms. The Morgan fingerprint density at radius 1 is 1.23 bits per heavy atom. The number of nitrogens with two attached hydrogens (primary N) is 1. The van der Waals surface area contributed by atoms with Crippen LogP contribution < -0.4 is 26.1 Å². The first-order chi connectivity index (χ1) is 12.5. The van der Waals surface area contributed by atoms with Crippen LogP contribution in [0.5, 0.6) is 11.5 Å². The lowest BCUT2D eigenvalue weighted by molar-refractivity contribution is 0.0272. The molecule has 3 heterocycles. The van der Waals surface area contributed by atoms with Crippen molar-refractivity contribution < 1.29 is 23.8 Å². The number of aromatic nitrogens is 1. The van der Waals surface area contributed by atoms with Crippen LogP contribution in [-0.2, 0) is 4.74 Å². The number of amides is 2. The summed E-state index contributed by atoms with van der Waals surface area (Å²) < 4.78 is 17.6. The smallest absolute Gasteiger partial charge is 0.262 e. The van der Waals surface area contributed by atoms with E-state index in [4.69, 9.17) is 19.9 Å². The molecular formula is C17H15N3O6. The van der Waals surface area contributed by atoms with Crippen LogP contribution in [0.2, 0.25) is 0 Å². The van der Waals surface area contributed by atoms with E-state index in [0.717, 1.165) is 10.6 Å². The second-order valence-electron chi connectivity index (χ2n) is 5.91. The van der Waals surface area contributed by atoms with Crippen molar-refractivity contribution in [1.29, 1.82) is 0 Å². The first-order valence-electron chi connectivity index (χ1n) is 7.83. The average Bonchev–Trinajstić information content (AvgIpc) is 2.89.